The summed E-state index contributed by atoms with van der Waals surface area (Å²) in [6.07, 6.45) is -4.73. The van der Waals surface area contributed by atoms with Crippen molar-refractivity contribution in [1.29, 1.82) is 5.26 Å². The lowest BCUT2D eigenvalue weighted by atomic mass is 10.0. The van der Waals surface area contributed by atoms with Gasteiger partial charge >= 0.3 is 6.18 Å². The van der Waals surface area contributed by atoms with Gasteiger partial charge in [0.2, 0.25) is 0 Å². The third-order valence-corrected chi connectivity index (χ3v) is 3.48. The number of hydrogen-bond donors (Lipinski definition) is 1. The van der Waals surface area contributed by atoms with Crippen molar-refractivity contribution in [2.45, 2.75) is 17.6 Å². The molecule has 0 fully saturated rings. The summed E-state index contributed by atoms with van der Waals surface area (Å²) in [6, 6.07) is 2.46. The predicted octanol–water partition coefficient (Wildman–Crippen LogP) is 1.96. The fourth-order valence-corrected chi connectivity index (χ4v) is 2.38. The normalized spacial score (nSPS) is 12.2. The zero-order valence-electron chi connectivity index (χ0n) is 8.62. The molecule has 98 valence electrons. The van der Waals surface area contributed by atoms with Crippen molar-refractivity contribution in [3.63, 3.8) is 0 Å². The molecule has 0 saturated heterocycles. The second kappa shape index (κ2) is 4.76. The molecule has 0 radical (unpaired) electrons. The van der Waals surface area contributed by atoms with Gasteiger partial charge in [-0.1, -0.05) is 0 Å². The van der Waals surface area contributed by atoms with E-state index >= 15 is 0 Å². The van der Waals surface area contributed by atoms with Crippen molar-refractivity contribution in [3.8, 4) is 6.07 Å². The highest BCUT2D eigenvalue weighted by Gasteiger charge is 2.35. The number of benzene rings is 1. The average molecular weight is 299 g/mol. The van der Waals surface area contributed by atoms with Gasteiger partial charge in [0.15, 0.2) is 0 Å². The van der Waals surface area contributed by atoms with E-state index in [1.165, 1.54) is 6.07 Å². The first-order valence-electron chi connectivity index (χ1n) is 4.40. The molecule has 0 aromatic heterocycles. The molecule has 0 amide bonds. The summed E-state index contributed by atoms with van der Waals surface area (Å²) in [5, 5.41) is 8.66. The van der Waals surface area contributed by atoms with Crippen molar-refractivity contribution in [1.82, 2.24) is 0 Å². The highest BCUT2D eigenvalue weighted by molar-refractivity contribution is 8.13. The van der Waals surface area contributed by atoms with Gasteiger partial charge < -0.3 is 5.73 Å². The van der Waals surface area contributed by atoms with Crippen LogP contribution in [-0.2, 0) is 21.8 Å². The molecule has 0 spiro atoms. The van der Waals surface area contributed by atoms with Crippen LogP contribution in [0.4, 0.5) is 13.2 Å². The summed E-state index contributed by atoms with van der Waals surface area (Å²) in [6.45, 7) is -0.528. The van der Waals surface area contributed by atoms with Crippen LogP contribution in [-0.4, -0.2) is 8.42 Å². The first-order valence-corrected chi connectivity index (χ1v) is 6.71. The molecule has 0 aliphatic carbocycles. The molecule has 0 saturated carbocycles. The van der Waals surface area contributed by atoms with Crippen LogP contribution in [0, 0.1) is 11.3 Å². The molecule has 0 atom stereocenters. The Labute approximate surface area is 105 Å². The molecule has 2 N–H and O–H groups in total. The van der Waals surface area contributed by atoms with Gasteiger partial charge in [-0.2, -0.15) is 18.4 Å². The summed E-state index contributed by atoms with van der Waals surface area (Å²) in [4.78, 5) is -0.680. The molecule has 1 aromatic carbocycles. The predicted molar refractivity (Wildman–Crippen MR) is 57.1 cm³/mol. The number of halogens is 4. The summed E-state index contributed by atoms with van der Waals surface area (Å²) in [5.74, 6) is 0. The molecule has 1 rings (SSSR count). The van der Waals surface area contributed by atoms with Crippen molar-refractivity contribution in [3.05, 3.63) is 28.8 Å². The van der Waals surface area contributed by atoms with Crippen LogP contribution in [0.25, 0.3) is 0 Å². The van der Waals surface area contributed by atoms with Crippen LogP contribution in [0.3, 0.4) is 0 Å². The van der Waals surface area contributed by atoms with E-state index in [9.17, 15) is 21.6 Å². The Kier molecular flexibility index (Phi) is 3.90. The SMILES string of the molecule is N#Cc1cc(C(F)(F)F)c(CN)cc1S(=O)(=O)Cl. The number of alkyl halides is 3. The van der Waals surface area contributed by atoms with Crippen molar-refractivity contribution in [2.24, 2.45) is 5.73 Å². The van der Waals surface area contributed by atoms with Crippen LogP contribution >= 0.6 is 10.7 Å². The van der Waals surface area contributed by atoms with Crippen molar-refractivity contribution in [2.75, 3.05) is 0 Å². The second-order valence-electron chi connectivity index (χ2n) is 3.26. The van der Waals surface area contributed by atoms with Crippen LogP contribution in [0.1, 0.15) is 16.7 Å². The van der Waals surface area contributed by atoms with E-state index in [0.29, 0.717) is 12.1 Å². The summed E-state index contributed by atoms with van der Waals surface area (Å²) in [5.41, 5.74) is 2.87. The number of nitrogens with zero attached hydrogens (tertiary/aromatic N) is 1. The van der Waals surface area contributed by atoms with Gasteiger partial charge in [-0.3, -0.25) is 0 Å². The number of rotatable bonds is 2. The molecular formula is C9H6ClF3N2O2S. The van der Waals surface area contributed by atoms with E-state index in [2.05, 4.69) is 0 Å². The monoisotopic (exact) mass is 298 g/mol. The summed E-state index contributed by atoms with van der Waals surface area (Å²) >= 11 is 0. The molecule has 4 nitrogen and oxygen atoms in total. The van der Waals surface area contributed by atoms with Gasteiger partial charge in [0.1, 0.15) is 11.0 Å². The molecule has 0 aliphatic rings. The lowest BCUT2D eigenvalue weighted by molar-refractivity contribution is -0.138. The lowest BCUT2D eigenvalue weighted by Gasteiger charge is -2.13. The van der Waals surface area contributed by atoms with Gasteiger partial charge in [-0.25, -0.2) is 8.42 Å². The molecule has 0 heterocycles. The Morgan fingerprint density at radius 2 is 1.94 bits per heavy atom. The van der Waals surface area contributed by atoms with E-state index in [-0.39, 0.29) is 0 Å². The Morgan fingerprint density at radius 1 is 1.39 bits per heavy atom. The largest absolute Gasteiger partial charge is 0.416 e. The zero-order chi connectivity index (χ0) is 14.1. The van der Waals surface area contributed by atoms with E-state index in [4.69, 9.17) is 21.7 Å². The zero-order valence-corrected chi connectivity index (χ0v) is 10.2. The number of nitrogens with two attached hydrogens (primary N) is 1. The Morgan fingerprint density at radius 3 is 2.28 bits per heavy atom. The van der Waals surface area contributed by atoms with Crippen LogP contribution in [0.15, 0.2) is 17.0 Å². The molecule has 0 aliphatic heterocycles. The first-order chi connectivity index (χ1) is 8.11. The van der Waals surface area contributed by atoms with Gasteiger partial charge in [-0.05, 0) is 17.7 Å². The topological polar surface area (TPSA) is 83.9 Å². The molecule has 1 aromatic rings. The molecule has 0 bridgehead atoms. The van der Waals surface area contributed by atoms with E-state index < -0.39 is 43.4 Å². The minimum Gasteiger partial charge on any atom is -0.326 e. The average Bonchev–Trinajstić information content (AvgIpc) is 2.24. The minimum absolute atomic E-state index is 0.428. The van der Waals surface area contributed by atoms with Gasteiger partial charge in [-0.15, -0.1) is 0 Å². The van der Waals surface area contributed by atoms with Crippen molar-refractivity contribution >= 4 is 19.7 Å². The number of hydrogen-bond acceptors (Lipinski definition) is 4. The van der Waals surface area contributed by atoms with Crippen LogP contribution in [0.5, 0.6) is 0 Å². The molecule has 0 unspecified atom stereocenters. The van der Waals surface area contributed by atoms with E-state index in [1.54, 1.807) is 0 Å². The molecule has 18 heavy (non-hydrogen) atoms. The minimum atomic E-state index is -4.73. The highest BCUT2D eigenvalue weighted by atomic mass is 35.7. The van der Waals surface area contributed by atoms with Crippen molar-refractivity contribution < 1.29 is 21.6 Å². The quantitative estimate of drug-likeness (QED) is 0.846. The fraction of sp³-hybridized carbons (Fsp3) is 0.222. The van der Waals surface area contributed by atoms with Crippen LogP contribution in [0.2, 0.25) is 0 Å². The Hall–Kier alpha value is -1.30. The van der Waals surface area contributed by atoms with E-state index in [0.717, 1.165) is 0 Å². The summed E-state index contributed by atoms with van der Waals surface area (Å²) in [7, 11) is 0.723. The Bertz CT molecular complexity index is 620. The van der Waals surface area contributed by atoms with Gasteiger partial charge in [0.05, 0.1) is 11.1 Å². The maximum Gasteiger partial charge on any atom is 0.416 e. The maximum atomic E-state index is 12.6. The second-order valence-corrected chi connectivity index (χ2v) is 5.79. The third kappa shape index (κ3) is 2.93. The third-order valence-electron chi connectivity index (χ3n) is 2.11. The maximum absolute atomic E-state index is 12.6. The first kappa shape index (κ1) is 14.8. The Balaban J connectivity index is 3.70. The summed E-state index contributed by atoms with van der Waals surface area (Å²) < 4.78 is 60.2. The number of nitriles is 1. The fourth-order valence-electron chi connectivity index (χ4n) is 1.34. The standard InChI is InChI=1S/C9H6ClF3N2O2S/c10-18(16,17)8-2-5(3-14)7(9(11,12)13)1-6(8)4-15/h1-2H,3,14H2. The van der Waals surface area contributed by atoms with Gasteiger partial charge in [0.25, 0.3) is 9.05 Å². The molecular weight excluding hydrogens is 293 g/mol. The highest BCUT2D eigenvalue weighted by Crippen LogP contribution is 2.35. The van der Waals surface area contributed by atoms with E-state index in [1.807, 2.05) is 0 Å². The lowest BCUT2D eigenvalue weighted by Crippen LogP contribution is -2.14. The van der Waals surface area contributed by atoms with Gasteiger partial charge in [0, 0.05) is 17.2 Å². The van der Waals surface area contributed by atoms with Crippen LogP contribution < -0.4 is 5.73 Å². The smallest absolute Gasteiger partial charge is 0.326 e. The molecule has 9 heteroatoms.